The monoisotopic (exact) mass is 798 g/mol. The lowest BCUT2D eigenvalue weighted by atomic mass is 9.84. The van der Waals surface area contributed by atoms with Crippen molar-refractivity contribution in [2.24, 2.45) is 0 Å². The molecule has 57 heavy (non-hydrogen) atoms. The molecule has 1 saturated carbocycles. The van der Waals surface area contributed by atoms with Gasteiger partial charge in [0.2, 0.25) is 15.9 Å². The molecule has 0 spiro atoms. The van der Waals surface area contributed by atoms with Gasteiger partial charge in [0.1, 0.15) is 35.2 Å². The summed E-state index contributed by atoms with van der Waals surface area (Å²) in [5.41, 5.74) is 3.93. The Labute approximate surface area is 331 Å². The topological polar surface area (TPSA) is 93.2 Å². The Bertz CT molecular complexity index is 2250. The molecule has 0 bridgehead atoms. The number of anilines is 1. The molecule has 0 aromatic heterocycles. The third kappa shape index (κ3) is 10.5. The van der Waals surface area contributed by atoms with Crippen molar-refractivity contribution in [2.75, 3.05) is 18.0 Å². The maximum absolute atomic E-state index is 14.9. The zero-order valence-electron chi connectivity index (χ0n) is 31.7. The zero-order chi connectivity index (χ0) is 40.4. The molecule has 1 aliphatic rings. The fourth-order valence-corrected chi connectivity index (χ4v) is 8.54. The van der Waals surface area contributed by atoms with Crippen molar-refractivity contribution in [3.63, 3.8) is 0 Å². The third-order valence-corrected chi connectivity index (χ3v) is 11.9. The number of halogens is 3. The van der Waals surface area contributed by atoms with Gasteiger partial charge in [0.15, 0.2) is 11.6 Å². The summed E-state index contributed by atoms with van der Waals surface area (Å²) in [6, 6.07) is 31.6. The molecule has 5 aromatic carbocycles. The van der Waals surface area contributed by atoms with Gasteiger partial charge in [0.25, 0.3) is 0 Å². The van der Waals surface area contributed by atoms with Gasteiger partial charge in [-0.2, -0.15) is 4.31 Å². The van der Waals surface area contributed by atoms with E-state index in [1.165, 1.54) is 41.9 Å². The lowest BCUT2D eigenvalue weighted by Crippen LogP contribution is -2.43. The Morgan fingerprint density at radius 2 is 1.40 bits per heavy atom. The summed E-state index contributed by atoms with van der Waals surface area (Å²) in [7, 11) is -4.89. The van der Waals surface area contributed by atoms with Crippen LogP contribution >= 0.6 is 0 Å². The molecule has 12 heteroatoms. The molecule has 0 heterocycles. The van der Waals surface area contributed by atoms with E-state index in [4.69, 9.17) is 9.47 Å². The van der Waals surface area contributed by atoms with Crippen LogP contribution < -0.4 is 9.64 Å². The molecule has 1 fully saturated rings. The minimum Gasteiger partial charge on any atom is -0.488 e. The number of nitrogens with zero attached hydrogens (tertiary/aromatic N) is 2. The van der Waals surface area contributed by atoms with Gasteiger partial charge in [0.05, 0.1) is 13.1 Å². The van der Waals surface area contributed by atoms with Crippen molar-refractivity contribution in [1.29, 1.82) is 0 Å². The fraction of sp³-hybridized carbons (Fsp3) is 0.289. The summed E-state index contributed by atoms with van der Waals surface area (Å²) >= 11 is 0. The van der Waals surface area contributed by atoms with Crippen LogP contribution in [0, 0.1) is 17.5 Å². The van der Waals surface area contributed by atoms with Crippen molar-refractivity contribution in [1.82, 2.24) is 4.31 Å². The van der Waals surface area contributed by atoms with Crippen molar-refractivity contribution < 1.29 is 40.7 Å². The molecule has 0 atom stereocenters. The number of hydrogen-bond acceptors (Lipinski definition) is 6. The number of carbonyl (C=O) groups excluding carboxylic acids is 2. The highest BCUT2D eigenvalue weighted by Crippen LogP contribution is 2.34. The van der Waals surface area contributed by atoms with Crippen LogP contribution in [0.4, 0.5) is 18.9 Å². The number of hydrogen-bond donors (Lipinski definition) is 0. The van der Waals surface area contributed by atoms with Gasteiger partial charge in [0, 0.05) is 24.4 Å². The van der Waals surface area contributed by atoms with Crippen LogP contribution in [0.2, 0.25) is 0 Å². The number of ether oxygens (including phenoxy) is 2. The summed E-state index contributed by atoms with van der Waals surface area (Å²) in [4.78, 5) is 28.1. The Morgan fingerprint density at radius 1 is 0.754 bits per heavy atom. The molecule has 0 radical (unpaired) electrons. The number of esters is 1. The second-order valence-electron chi connectivity index (χ2n) is 14.1. The number of rotatable bonds is 16. The van der Waals surface area contributed by atoms with Gasteiger partial charge in [-0.25, -0.2) is 26.4 Å². The number of carbonyl (C=O) groups is 2. The molecule has 0 N–H and O–H groups in total. The van der Waals surface area contributed by atoms with E-state index < -0.39 is 50.8 Å². The highest BCUT2D eigenvalue weighted by Gasteiger charge is 2.33. The number of benzene rings is 5. The van der Waals surface area contributed by atoms with E-state index >= 15 is 0 Å². The first-order valence-corrected chi connectivity index (χ1v) is 20.5. The smallest absolute Gasteiger partial charge is 0.342 e. The Hall–Kier alpha value is -5.46. The van der Waals surface area contributed by atoms with Crippen molar-refractivity contribution in [2.45, 2.75) is 76.0 Å². The highest BCUT2D eigenvalue weighted by molar-refractivity contribution is 7.89. The summed E-state index contributed by atoms with van der Waals surface area (Å²) < 4.78 is 83.4. The maximum atomic E-state index is 14.9. The first kappa shape index (κ1) is 41.2. The molecule has 8 nitrogen and oxygen atoms in total. The van der Waals surface area contributed by atoms with Crippen LogP contribution in [0.5, 0.6) is 5.75 Å². The first-order chi connectivity index (χ1) is 27.5. The largest absolute Gasteiger partial charge is 0.488 e. The normalized spacial score (nSPS) is 13.4. The molecule has 0 saturated heterocycles. The standard InChI is InChI=1S/C45H45F3N2O6S/c1-2-24-49(57(53,54)42-26-37(46)25-40(47)44(42)48)29-43(51)50(28-32-18-20-36(21-19-32)35-16-10-5-11-17-35)38-22-23-39(45(52)56-31-34-14-8-4-9-15-34)41(27-38)55-30-33-12-6-3-7-13-33/h3-4,6-9,12-15,18-23,25-27,35H,2,5,10-11,16-17,24,28-31H2,1H3. The molecular formula is C45H45F3N2O6S. The molecule has 298 valence electrons. The van der Waals surface area contributed by atoms with E-state index in [0.29, 0.717) is 16.3 Å². The molecule has 1 amide bonds. The molecule has 6 rings (SSSR count). The molecule has 1 aliphatic carbocycles. The van der Waals surface area contributed by atoms with Crippen LogP contribution in [0.15, 0.2) is 120 Å². The predicted octanol–water partition coefficient (Wildman–Crippen LogP) is 9.72. The van der Waals surface area contributed by atoms with Gasteiger partial charge >= 0.3 is 5.97 Å². The maximum Gasteiger partial charge on any atom is 0.342 e. The molecule has 0 unspecified atom stereocenters. The predicted molar refractivity (Wildman–Crippen MR) is 212 cm³/mol. The van der Waals surface area contributed by atoms with Gasteiger partial charge < -0.3 is 14.4 Å². The van der Waals surface area contributed by atoms with Gasteiger partial charge in [-0.3, -0.25) is 4.79 Å². The van der Waals surface area contributed by atoms with Crippen molar-refractivity contribution in [3.05, 3.63) is 161 Å². The quantitative estimate of drug-likeness (QED) is 0.0730. The van der Waals surface area contributed by atoms with E-state index in [1.807, 2.05) is 84.9 Å². The minimum atomic E-state index is -4.89. The van der Waals surface area contributed by atoms with Crippen LogP contribution in [-0.2, 0) is 39.3 Å². The van der Waals surface area contributed by atoms with E-state index in [9.17, 15) is 31.2 Å². The lowest BCUT2D eigenvalue weighted by Gasteiger charge is -2.28. The Morgan fingerprint density at radius 3 is 2.05 bits per heavy atom. The first-order valence-electron chi connectivity index (χ1n) is 19.1. The van der Waals surface area contributed by atoms with Crippen LogP contribution in [0.25, 0.3) is 0 Å². The second kappa shape index (κ2) is 19.1. The summed E-state index contributed by atoms with van der Waals surface area (Å²) in [5, 5.41) is 0. The van der Waals surface area contributed by atoms with E-state index in [0.717, 1.165) is 29.5 Å². The van der Waals surface area contributed by atoms with Gasteiger partial charge in [-0.15, -0.1) is 0 Å². The Kier molecular flexibility index (Phi) is 13.8. The average Bonchev–Trinajstić information content (AvgIpc) is 3.23. The SMILES string of the molecule is CCCN(CC(=O)N(Cc1ccc(C2CCCCC2)cc1)c1ccc(C(=O)OCc2ccccc2)c(OCc2ccccc2)c1)S(=O)(=O)c1cc(F)cc(F)c1F. The number of sulfonamides is 1. The van der Waals surface area contributed by atoms with Gasteiger partial charge in [-0.1, -0.05) is 111 Å². The zero-order valence-corrected chi connectivity index (χ0v) is 32.5. The average molecular weight is 799 g/mol. The highest BCUT2D eigenvalue weighted by atomic mass is 32.2. The molecule has 5 aromatic rings. The van der Waals surface area contributed by atoms with E-state index in [-0.39, 0.29) is 55.8 Å². The summed E-state index contributed by atoms with van der Waals surface area (Å²) in [6.45, 7) is 0.717. The van der Waals surface area contributed by atoms with Crippen molar-refractivity contribution in [3.8, 4) is 5.75 Å². The molecule has 0 aliphatic heterocycles. The van der Waals surface area contributed by atoms with E-state index in [2.05, 4.69) is 0 Å². The fourth-order valence-electron chi connectivity index (χ4n) is 6.97. The second-order valence-corrected chi connectivity index (χ2v) is 16.0. The number of amides is 1. The minimum absolute atomic E-state index is 0.0112. The van der Waals surface area contributed by atoms with Crippen LogP contribution in [0.3, 0.4) is 0 Å². The van der Waals surface area contributed by atoms with E-state index in [1.54, 1.807) is 13.0 Å². The van der Waals surface area contributed by atoms with Crippen LogP contribution in [0.1, 0.15) is 84.0 Å². The van der Waals surface area contributed by atoms with Gasteiger partial charge in [-0.05, 0) is 65.6 Å². The summed E-state index contributed by atoms with van der Waals surface area (Å²) in [5.74, 6) is -5.49. The molecular weight excluding hydrogens is 754 g/mol. The Balaban J connectivity index is 1.36. The third-order valence-electron chi connectivity index (χ3n) is 10.0. The summed E-state index contributed by atoms with van der Waals surface area (Å²) in [6.07, 6.45) is 5.98. The lowest BCUT2D eigenvalue weighted by molar-refractivity contribution is -0.119. The van der Waals surface area contributed by atoms with Crippen molar-refractivity contribution >= 4 is 27.6 Å². The van der Waals surface area contributed by atoms with Crippen LogP contribution in [-0.4, -0.2) is 37.7 Å².